The van der Waals surface area contributed by atoms with E-state index in [-0.39, 0.29) is 11.5 Å². The fourth-order valence-electron chi connectivity index (χ4n) is 1.83. The first kappa shape index (κ1) is 11.3. The Balaban J connectivity index is 2.17. The highest BCUT2D eigenvalue weighted by Crippen LogP contribution is 2.22. The van der Waals surface area contributed by atoms with Crippen molar-refractivity contribution in [2.75, 3.05) is 35.2 Å². The van der Waals surface area contributed by atoms with Crippen LogP contribution in [-0.4, -0.2) is 33.0 Å². The Morgan fingerprint density at radius 3 is 2.44 bits per heavy atom. The molecular weight excluding hydrogens is 224 g/mol. The van der Waals surface area contributed by atoms with Gasteiger partial charge in [0.15, 0.2) is 9.84 Å². The van der Waals surface area contributed by atoms with E-state index in [1.165, 1.54) is 0 Å². The van der Waals surface area contributed by atoms with E-state index in [2.05, 4.69) is 4.90 Å². The molecule has 0 aromatic heterocycles. The smallest absolute Gasteiger partial charge is 0.153 e. The van der Waals surface area contributed by atoms with Gasteiger partial charge in [0.1, 0.15) is 0 Å². The number of benzene rings is 1. The summed E-state index contributed by atoms with van der Waals surface area (Å²) < 4.78 is 22.6. The summed E-state index contributed by atoms with van der Waals surface area (Å²) in [6, 6.07) is 5.82. The first-order valence-corrected chi connectivity index (χ1v) is 7.11. The molecule has 16 heavy (non-hydrogen) atoms. The summed E-state index contributed by atoms with van der Waals surface area (Å²) in [5.41, 5.74) is 8.61. The molecule has 1 aromatic rings. The van der Waals surface area contributed by atoms with Gasteiger partial charge in [0.25, 0.3) is 0 Å². The molecule has 1 saturated heterocycles. The van der Waals surface area contributed by atoms with Crippen molar-refractivity contribution in [3.8, 4) is 0 Å². The van der Waals surface area contributed by atoms with Gasteiger partial charge in [-0.3, -0.25) is 0 Å². The van der Waals surface area contributed by atoms with Gasteiger partial charge in [0, 0.05) is 24.5 Å². The van der Waals surface area contributed by atoms with Crippen molar-refractivity contribution >= 4 is 21.2 Å². The van der Waals surface area contributed by atoms with E-state index >= 15 is 0 Å². The Morgan fingerprint density at radius 2 is 1.88 bits per heavy atom. The van der Waals surface area contributed by atoms with Gasteiger partial charge in [-0.25, -0.2) is 8.42 Å². The fraction of sp³-hybridized carbons (Fsp3) is 0.455. The van der Waals surface area contributed by atoms with Crippen molar-refractivity contribution in [1.29, 1.82) is 0 Å². The number of hydrogen-bond acceptors (Lipinski definition) is 4. The number of nitrogen functional groups attached to an aromatic ring is 1. The van der Waals surface area contributed by atoms with E-state index in [1.54, 1.807) is 0 Å². The molecule has 0 spiro atoms. The highest BCUT2D eigenvalue weighted by Gasteiger charge is 2.21. The fourth-order valence-corrected chi connectivity index (χ4v) is 3.03. The second-order valence-electron chi connectivity index (χ2n) is 4.18. The van der Waals surface area contributed by atoms with Gasteiger partial charge in [-0.15, -0.1) is 0 Å². The zero-order chi connectivity index (χ0) is 11.8. The predicted octanol–water partition coefficient (Wildman–Crippen LogP) is 0.812. The van der Waals surface area contributed by atoms with E-state index in [4.69, 9.17) is 5.73 Å². The molecular formula is C11H16N2O2S. The van der Waals surface area contributed by atoms with Crippen LogP contribution in [0.1, 0.15) is 5.56 Å². The molecule has 1 fully saturated rings. The Morgan fingerprint density at radius 1 is 1.25 bits per heavy atom. The molecule has 88 valence electrons. The molecule has 2 N–H and O–H groups in total. The van der Waals surface area contributed by atoms with E-state index in [0.717, 1.165) is 16.9 Å². The van der Waals surface area contributed by atoms with Gasteiger partial charge < -0.3 is 10.6 Å². The van der Waals surface area contributed by atoms with Crippen LogP contribution in [0.3, 0.4) is 0 Å². The van der Waals surface area contributed by atoms with Crippen LogP contribution in [0.5, 0.6) is 0 Å². The van der Waals surface area contributed by atoms with Gasteiger partial charge in [-0.1, -0.05) is 0 Å². The lowest BCUT2D eigenvalue weighted by Gasteiger charge is -2.29. The van der Waals surface area contributed by atoms with Crippen LogP contribution < -0.4 is 10.6 Å². The quantitative estimate of drug-likeness (QED) is 0.738. The monoisotopic (exact) mass is 240 g/mol. The lowest BCUT2D eigenvalue weighted by atomic mass is 10.1. The molecule has 1 aromatic carbocycles. The maximum absolute atomic E-state index is 11.3. The Bertz CT molecular complexity index is 483. The minimum atomic E-state index is -2.81. The van der Waals surface area contributed by atoms with Crippen molar-refractivity contribution in [3.63, 3.8) is 0 Å². The molecule has 0 unspecified atom stereocenters. The van der Waals surface area contributed by atoms with E-state index in [9.17, 15) is 8.42 Å². The summed E-state index contributed by atoms with van der Waals surface area (Å²) in [5.74, 6) is 0.493. The summed E-state index contributed by atoms with van der Waals surface area (Å²) in [6.07, 6.45) is 0. The molecule has 1 aliphatic rings. The average molecular weight is 240 g/mol. The number of nitrogens with zero attached hydrogens (tertiary/aromatic N) is 1. The normalized spacial score (nSPS) is 19.7. The second-order valence-corrected chi connectivity index (χ2v) is 6.48. The lowest BCUT2D eigenvalue weighted by molar-refractivity contribution is 0.587. The zero-order valence-corrected chi connectivity index (χ0v) is 10.1. The summed E-state index contributed by atoms with van der Waals surface area (Å²) >= 11 is 0. The Kier molecular flexibility index (Phi) is 2.80. The van der Waals surface area contributed by atoms with Gasteiger partial charge in [-0.05, 0) is 30.7 Å². The molecule has 2 rings (SSSR count). The number of hydrogen-bond donors (Lipinski definition) is 1. The zero-order valence-electron chi connectivity index (χ0n) is 9.31. The van der Waals surface area contributed by atoms with Crippen LogP contribution in [0.15, 0.2) is 18.2 Å². The molecule has 0 amide bonds. The highest BCUT2D eigenvalue weighted by molar-refractivity contribution is 7.91. The van der Waals surface area contributed by atoms with Crippen LogP contribution in [0, 0.1) is 6.92 Å². The van der Waals surface area contributed by atoms with E-state index < -0.39 is 9.84 Å². The largest absolute Gasteiger partial charge is 0.399 e. The first-order valence-electron chi connectivity index (χ1n) is 5.29. The lowest BCUT2D eigenvalue weighted by Crippen LogP contribution is -2.40. The van der Waals surface area contributed by atoms with Crippen molar-refractivity contribution in [1.82, 2.24) is 0 Å². The number of sulfone groups is 1. The van der Waals surface area contributed by atoms with E-state index in [0.29, 0.717) is 13.1 Å². The van der Waals surface area contributed by atoms with Crippen molar-refractivity contribution in [2.24, 2.45) is 0 Å². The molecule has 1 aliphatic heterocycles. The van der Waals surface area contributed by atoms with Crippen molar-refractivity contribution in [3.05, 3.63) is 23.8 Å². The van der Waals surface area contributed by atoms with Crippen LogP contribution in [-0.2, 0) is 9.84 Å². The van der Waals surface area contributed by atoms with Gasteiger partial charge in [0.05, 0.1) is 11.5 Å². The molecule has 0 aliphatic carbocycles. The van der Waals surface area contributed by atoms with Crippen LogP contribution in [0.2, 0.25) is 0 Å². The Labute approximate surface area is 96.0 Å². The highest BCUT2D eigenvalue weighted by atomic mass is 32.2. The average Bonchev–Trinajstić information content (AvgIpc) is 2.22. The van der Waals surface area contributed by atoms with Gasteiger partial charge in [0.2, 0.25) is 0 Å². The maximum Gasteiger partial charge on any atom is 0.153 e. The summed E-state index contributed by atoms with van der Waals surface area (Å²) in [6.45, 7) is 3.11. The Hall–Kier alpha value is -1.23. The van der Waals surface area contributed by atoms with E-state index in [1.807, 2.05) is 25.1 Å². The minimum absolute atomic E-state index is 0.246. The van der Waals surface area contributed by atoms with Crippen LogP contribution in [0.25, 0.3) is 0 Å². The van der Waals surface area contributed by atoms with Crippen LogP contribution in [0.4, 0.5) is 11.4 Å². The third-order valence-electron chi connectivity index (χ3n) is 2.96. The topological polar surface area (TPSA) is 63.4 Å². The predicted molar refractivity (Wildman–Crippen MR) is 66.5 cm³/mol. The number of anilines is 2. The molecule has 0 saturated carbocycles. The third-order valence-corrected chi connectivity index (χ3v) is 4.57. The molecule has 4 nitrogen and oxygen atoms in total. The molecule has 1 heterocycles. The number of nitrogens with two attached hydrogens (primary N) is 1. The molecule has 5 heteroatoms. The second kappa shape index (κ2) is 3.97. The minimum Gasteiger partial charge on any atom is -0.399 e. The van der Waals surface area contributed by atoms with Crippen LogP contribution >= 0.6 is 0 Å². The van der Waals surface area contributed by atoms with Crippen molar-refractivity contribution < 1.29 is 8.42 Å². The number of rotatable bonds is 1. The molecule has 0 radical (unpaired) electrons. The first-order chi connectivity index (χ1) is 7.48. The standard InChI is InChI=1S/C11H16N2O2S/c1-9-8-10(2-3-11(9)12)13-4-6-16(14,15)7-5-13/h2-3,8H,4-7,12H2,1H3. The summed E-state index contributed by atoms with van der Waals surface area (Å²) in [7, 11) is -2.81. The molecule has 0 atom stereocenters. The summed E-state index contributed by atoms with van der Waals surface area (Å²) in [4.78, 5) is 2.09. The van der Waals surface area contributed by atoms with Crippen molar-refractivity contribution in [2.45, 2.75) is 6.92 Å². The van der Waals surface area contributed by atoms with Gasteiger partial charge >= 0.3 is 0 Å². The number of aryl methyl sites for hydroxylation is 1. The summed E-state index contributed by atoms with van der Waals surface area (Å²) in [5, 5.41) is 0. The maximum atomic E-state index is 11.3. The SMILES string of the molecule is Cc1cc(N2CCS(=O)(=O)CC2)ccc1N. The van der Waals surface area contributed by atoms with Gasteiger partial charge in [-0.2, -0.15) is 0 Å². The third kappa shape index (κ3) is 2.29. The molecule has 0 bridgehead atoms.